The highest BCUT2D eigenvalue weighted by atomic mass is 35.5. The number of fused-ring (bicyclic) bond motifs is 1. The number of aromatic nitrogens is 2. The Hall–Kier alpha value is -7.19. The van der Waals surface area contributed by atoms with Gasteiger partial charge < -0.3 is 56.1 Å². The number of anilines is 3. The number of benzene rings is 5. The van der Waals surface area contributed by atoms with Crippen LogP contribution in [-0.2, 0) is 24.5 Å². The zero-order valence-electron chi connectivity index (χ0n) is 46.4. The van der Waals surface area contributed by atoms with E-state index in [2.05, 4.69) is 32.3 Å². The third-order valence-electron chi connectivity index (χ3n) is 14.6. The number of hydrogen-bond acceptors (Lipinski definition) is 14. The van der Waals surface area contributed by atoms with Crippen LogP contribution in [0.5, 0.6) is 11.5 Å². The summed E-state index contributed by atoms with van der Waals surface area (Å²) in [7, 11) is 1.36. The second kappa shape index (κ2) is 25.7. The number of ether oxygens (including phenoxy) is 3. The number of halogens is 7. The number of carbonyl (C=O) groups excluding carboxylic acids is 3. The van der Waals surface area contributed by atoms with Gasteiger partial charge in [0.2, 0.25) is 17.8 Å². The van der Waals surface area contributed by atoms with Crippen molar-refractivity contribution in [3.8, 4) is 28.7 Å². The number of rotatable bonds is 21. The predicted molar refractivity (Wildman–Crippen MR) is 310 cm³/mol. The van der Waals surface area contributed by atoms with Gasteiger partial charge in [-0.05, 0) is 85.8 Å². The zero-order chi connectivity index (χ0) is 60.1. The first kappa shape index (κ1) is 61.9. The largest absolute Gasteiger partial charge is 0.507 e. The van der Waals surface area contributed by atoms with E-state index in [1.165, 1.54) is 73.8 Å². The summed E-state index contributed by atoms with van der Waals surface area (Å²) in [6.07, 6.45) is 0.150. The van der Waals surface area contributed by atoms with Crippen molar-refractivity contribution in [1.82, 2.24) is 25.9 Å². The molecule has 0 saturated carbocycles. The second-order valence-electron chi connectivity index (χ2n) is 21.8. The molecular formula is C59H63Cl3F4N10O7. The lowest BCUT2D eigenvalue weighted by atomic mass is 9.62. The lowest BCUT2D eigenvalue weighted by molar-refractivity contribution is -0.124. The van der Waals surface area contributed by atoms with E-state index in [4.69, 9.17) is 59.7 Å². The van der Waals surface area contributed by atoms with Crippen molar-refractivity contribution in [2.45, 2.75) is 70.0 Å². The number of aromatic hydroxyl groups is 1. The third-order valence-corrected chi connectivity index (χ3v) is 15.4. The van der Waals surface area contributed by atoms with Crippen molar-refractivity contribution in [3.05, 3.63) is 134 Å². The molecule has 0 radical (unpaired) electrons. The van der Waals surface area contributed by atoms with Gasteiger partial charge in [-0.3, -0.25) is 14.4 Å². The number of primary amides is 1. The van der Waals surface area contributed by atoms with Gasteiger partial charge >= 0.3 is 0 Å². The van der Waals surface area contributed by atoms with Crippen molar-refractivity contribution in [3.63, 3.8) is 0 Å². The number of nitrogens with one attached hydrogen (secondary N) is 4. The Morgan fingerprint density at radius 3 is 2.17 bits per heavy atom. The summed E-state index contributed by atoms with van der Waals surface area (Å²) < 4.78 is 81.6. The minimum Gasteiger partial charge on any atom is -0.507 e. The number of nitrogens with two attached hydrogens (primary N) is 1. The molecule has 3 amide bonds. The Kier molecular flexibility index (Phi) is 19.2. The van der Waals surface area contributed by atoms with E-state index in [9.17, 15) is 24.8 Å². The van der Waals surface area contributed by atoms with E-state index < -0.39 is 86.7 Å². The minimum absolute atomic E-state index is 0.0528. The summed E-state index contributed by atoms with van der Waals surface area (Å²) in [5.41, 5.74) is 1.47. The molecule has 0 bridgehead atoms. The standard InChI is InChI=1S/C59H63Cl3F4N10O7/c1-57(2,3)30-44-59(31-67,36-15-14-33(60)28-40(36)64)47(34-9-7-10-37(61)48(34)65)51(52(68)78)76(44)41-16-13-32(27-43(41)81-6)54(79)70-19-23-82-25-26-83-24-20-71-55(80)58(4,5)74-56-72-50-35(53(73-56)75-21-17-69-18-22-75)29-38(62)45(49(50)66)46-39(63)11-8-12-42(46)77/h7-16,27-29,44,47,51,69,77H,17-26,30H2,1-6H3,(H2,68,78)(H,70,79)(H,71,80)(H,72,73,74). The average Bonchev–Trinajstić information content (AvgIpc) is 1.67. The number of hydrogen-bond donors (Lipinski definition) is 6. The molecule has 2 aliphatic heterocycles. The molecule has 440 valence electrons. The summed E-state index contributed by atoms with van der Waals surface area (Å²) >= 11 is 19.1. The maximum absolute atomic E-state index is 16.6. The fraction of sp³-hybridized carbons (Fsp3) is 0.390. The number of nitrogens with zero attached hydrogens (tertiary/aromatic N) is 5. The summed E-state index contributed by atoms with van der Waals surface area (Å²) in [4.78, 5) is 53.7. The molecule has 2 aliphatic rings. The molecule has 83 heavy (non-hydrogen) atoms. The number of piperazine rings is 1. The molecule has 8 rings (SSSR count). The number of amides is 3. The van der Waals surface area contributed by atoms with Gasteiger partial charge in [-0.1, -0.05) is 79.8 Å². The van der Waals surface area contributed by atoms with E-state index >= 15 is 17.6 Å². The van der Waals surface area contributed by atoms with E-state index in [1.54, 1.807) is 18.7 Å². The third kappa shape index (κ3) is 13.0. The monoisotopic (exact) mass is 1200 g/mol. The Labute approximate surface area is 492 Å². The van der Waals surface area contributed by atoms with Crippen LogP contribution in [-0.4, -0.2) is 123 Å². The van der Waals surface area contributed by atoms with Gasteiger partial charge in [0.15, 0.2) is 5.82 Å². The Morgan fingerprint density at radius 2 is 1.53 bits per heavy atom. The van der Waals surface area contributed by atoms with Gasteiger partial charge in [-0.25, -0.2) is 22.5 Å². The fourth-order valence-corrected chi connectivity index (χ4v) is 11.5. The van der Waals surface area contributed by atoms with Crippen LogP contribution in [0.4, 0.5) is 35.0 Å². The molecule has 5 aromatic carbocycles. The molecule has 4 unspecified atom stereocenters. The maximum Gasteiger partial charge on any atom is 0.251 e. The Morgan fingerprint density at radius 1 is 0.843 bits per heavy atom. The topological polar surface area (TPSA) is 229 Å². The van der Waals surface area contributed by atoms with Gasteiger partial charge in [0.05, 0.1) is 66.9 Å². The first-order chi connectivity index (χ1) is 39.4. The average molecular weight is 1210 g/mol. The normalized spacial score (nSPS) is 18.2. The van der Waals surface area contributed by atoms with Crippen molar-refractivity contribution in [2.75, 3.05) is 87.9 Å². The maximum atomic E-state index is 16.6. The quantitative estimate of drug-likeness (QED) is 0.0291. The van der Waals surface area contributed by atoms with E-state index in [0.29, 0.717) is 32.0 Å². The van der Waals surface area contributed by atoms with E-state index in [-0.39, 0.29) is 112 Å². The molecule has 2 saturated heterocycles. The first-order valence-corrected chi connectivity index (χ1v) is 27.8. The molecule has 4 atom stereocenters. The molecular weight excluding hydrogens is 1140 g/mol. The van der Waals surface area contributed by atoms with Crippen molar-refractivity contribution < 1.29 is 51.3 Å². The highest BCUT2D eigenvalue weighted by Crippen LogP contribution is 2.59. The highest BCUT2D eigenvalue weighted by molar-refractivity contribution is 6.34. The van der Waals surface area contributed by atoms with E-state index in [1.807, 2.05) is 25.7 Å². The summed E-state index contributed by atoms with van der Waals surface area (Å²) in [6.45, 7) is 11.9. The number of phenols is 1. The van der Waals surface area contributed by atoms with Crippen LogP contribution in [0.2, 0.25) is 15.1 Å². The van der Waals surface area contributed by atoms with Crippen LogP contribution in [0.1, 0.15) is 68.4 Å². The summed E-state index contributed by atoms with van der Waals surface area (Å²) in [5, 5.41) is 33.8. The lowest BCUT2D eigenvalue weighted by Crippen LogP contribution is -2.49. The second-order valence-corrected chi connectivity index (χ2v) is 23.1. The SMILES string of the molecule is COc1cc(C(=O)NCCOCCOCCNC(=O)C(C)(C)Nc2nc(N3CCNCC3)c3cc(Cl)c(-c4c(O)cccc4F)c(F)c3n2)ccc1N1C(C(N)=O)C(c2cccc(Cl)c2F)C(C#N)(c2ccc(Cl)cc2F)C1CC(C)(C)C. The van der Waals surface area contributed by atoms with E-state index in [0.717, 1.165) is 12.1 Å². The number of methoxy groups -OCH3 is 1. The van der Waals surface area contributed by atoms with Gasteiger partial charge in [0.1, 0.15) is 57.3 Å². The molecule has 0 spiro atoms. The Bertz CT molecular complexity index is 3450. The predicted octanol–water partition coefficient (Wildman–Crippen LogP) is 9.43. The van der Waals surface area contributed by atoms with Gasteiger partial charge in [0.25, 0.3) is 5.91 Å². The van der Waals surface area contributed by atoms with Crippen molar-refractivity contribution >= 4 is 80.9 Å². The molecule has 2 fully saturated rings. The van der Waals surface area contributed by atoms with Crippen LogP contribution in [0.25, 0.3) is 22.0 Å². The van der Waals surface area contributed by atoms with Crippen molar-refractivity contribution in [1.29, 1.82) is 5.26 Å². The number of phenolic OH excluding ortho intramolecular Hbond substituents is 1. The molecule has 6 aromatic rings. The molecule has 24 heteroatoms. The van der Waals surface area contributed by atoms with Gasteiger partial charge in [-0.15, -0.1) is 0 Å². The first-order valence-electron chi connectivity index (χ1n) is 26.6. The number of carbonyl (C=O) groups is 3. The van der Waals surface area contributed by atoms with Gasteiger partial charge in [-0.2, -0.15) is 10.2 Å². The molecule has 0 aliphatic carbocycles. The fourth-order valence-electron chi connectivity index (χ4n) is 10.9. The molecule has 1 aromatic heterocycles. The molecule has 3 heterocycles. The van der Waals surface area contributed by atoms with Crippen LogP contribution in [0.15, 0.2) is 78.9 Å². The van der Waals surface area contributed by atoms with Crippen molar-refractivity contribution in [2.24, 2.45) is 11.1 Å². The zero-order valence-corrected chi connectivity index (χ0v) is 48.6. The number of nitriles is 1. The van der Waals surface area contributed by atoms with Crippen LogP contribution in [0.3, 0.4) is 0 Å². The summed E-state index contributed by atoms with van der Waals surface area (Å²) in [5.74, 6) is -7.09. The molecule has 17 nitrogen and oxygen atoms in total. The van der Waals surface area contributed by atoms with Crippen LogP contribution in [0, 0.1) is 40.0 Å². The minimum atomic E-state index is -1.99. The smallest absolute Gasteiger partial charge is 0.251 e. The van der Waals surface area contributed by atoms with Crippen LogP contribution >= 0.6 is 34.8 Å². The highest BCUT2D eigenvalue weighted by Gasteiger charge is 2.65. The van der Waals surface area contributed by atoms with Crippen LogP contribution < -0.4 is 41.5 Å². The Balaban J connectivity index is 0.878. The molecule has 7 N–H and O–H groups in total. The van der Waals surface area contributed by atoms with Gasteiger partial charge in [0, 0.05) is 72.3 Å². The lowest BCUT2D eigenvalue weighted by Gasteiger charge is -2.40. The summed E-state index contributed by atoms with van der Waals surface area (Å²) in [6, 6.07) is 17.3.